The fourth-order valence-electron chi connectivity index (χ4n) is 2.40. The molecule has 4 nitrogen and oxygen atoms in total. The summed E-state index contributed by atoms with van der Waals surface area (Å²) in [5.41, 5.74) is 4.30. The molecular formula is C16H26N2O2. The first kappa shape index (κ1) is 16.7. The summed E-state index contributed by atoms with van der Waals surface area (Å²) < 4.78 is 0. The molecule has 1 aromatic rings. The largest absolute Gasteiger partial charge is 0.396 e. The van der Waals surface area contributed by atoms with Crippen LogP contribution in [0.4, 0.5) is 5.69 Å². The Hall–Kier alpha value is -1.39. The van der Waals surface area contributed by atoms with Gasteiger partial charge in [0, 0.05) is 18.8 Å². The molecule has 1 amide bonds. The summed E-state index contributed by atoms with van der Waals surface area (Å²) in [4.78, 5) is 14.2. The number of nitrogens with zero attached hydrogens (tertiary/aromatic N) is 1. The van der Waals surface area contributed by atoms with Gasteiger partial charge in [-0.25, -0.2) is 0 Å². The summed E-state index contributed by atoms with van der Waals surface area (Å²) in [5.74, 6) is -0.000146. The first-order chi connectivity index (χ1) is 9.47. The van der Waals surface area contributed by atoms with Gasteiger partial charge in [0.1, 0.15) is 0 Å². The Balaban J connectivity index is 2.66. The van der Waals surface area contributed by atoms with Crippen LogP contribution in [-0.2, 0) is 4.79 Å². The quantitative estimate of drug-likeness (QED) is 0.804. The lowest BCUT2D eigenvalue weighted by atomic mass is 10.1. The molecule has 0 saturated heterocycles. The van der Waals surface area contributed by atoms with Crippen molar-refractivity contribution in [1.29, 1.82) is 0 Å². The SMILES string of the molecule is CCN(CCCO)CC(=O)Nc1c(C)cc(C)cc1C. The first-order valence-electron chi connectivity index (χ1n) is 7.18. The van der Waals surface area contributed by atoms with E-state index in [0.717, 1.165) is 29.9 Å². The number of benzene rings is 1. The van der Waals surface area contributed by atoms with Gasteiger partial charge in [0.05, 0.1) is 6.54 Å². The van der Waals surface area contributed by atoms with Gasteiger partial charge in [-0.05, 0) is 44.9 Å². The zero-order chi connectivity index (χ0) is 15.1. The van der Waals surface area contributed by atoms with E-state index in [4.69, 9.17) is 5.11 Å². The summed E-state index contributed by atoms with van der Waals surface area (Å²) in [6, 6.07) is 4.15. The number of hydrogen-bond donors (Lipinski definition) is 2. The molecule has 0 aliphatic carbocycles. The molecule has 0 atom stereocenters. The van der Waals surface area contributed by atoms with Crippen LogP contribution in [0.2, 0.25) is 0 Å². The van der Waals surface area contributed by atoms with E-state index in [1.807, 2.05) is 25.7 Å². The molecule has 0 spiro atoms. The second-order valence-corrected chi connectivity index (χ2v) is 5.27. The number of likely N-dealkylation sites (N-methyl/N-ethyl adjacent to an activating group) is 1. The molecule has 0 unspecified atom stereocenters. The van der Waals surface area contributed by atoms with E-state index < -0.39 is 0 Å². The highest BCUT2D eigenvalue weighted by atomic mass is 16.3. The number of carbonyl (C=O) groups excluding carboxylic acids is 1. The summed E-state index contributed by atoms with van der Waals surface area (Å²) in [7, 11) is 0. The molecular weight excluding hydrogens is 252 g/mol. The summed E-state index contributed by atoms with van der Waals surface area (Å²) >= 11 is 0. The Morgan fingerprint density at radius 1 is 1.25 bits per heavy atom. The average Bonchev–Trinajstić information content (AvgIpc) is 2.38. The van der Waals surface area contributed by atoms with Gasteiger partial charge in [-0.1, -0.05) is 24.6 Å². The van der Waals surface area contributed by atoms with E-state index in [2.05, 4.69) is 24.4 Å². The molecule has 0 aromatic heterocycles. The topological polar surface area (TPSA) is 52.6 Å². The molecule has 0 fully saturated rings. The molecule has 20 heavy (non-hydrogen) atoms. The number of carbonyl (C=O) groups is 1. The second-order valence-electron chi connectivity index (χ2n) is 5.27. The van der Waals surface area contributed by atoms with Crippen LogP contribution < -0.4 is 5.32 Å². The van der Waals surface area contributed by atoms with Gasteiger partial charge in [0.2, 0.25) is 5.91 Å². The Morgan fingerprint density at radius 3 is 2.35 bits per heavy atom. The van der Waals surface area contributed by atoms with Crippen LogP contribution in [0.15, 0.2) is 12.1 Å². The number of nitrogens with one attached hydrogen (secondary N) is 1. The van der Waals surface area contributed by atoms with Crippen LogP contribution in [0.3, 0.4) is 0 Å². The van der Waals surface area contributed by atoms with Gasteiger partial charge in [-0.3, -0.25) is 9.69 Å². The Bertz CT molecular complexity index is 435. The highest BCUT2D eigenvalue weighted by Crippen LogP contribution is 2.21. The van der Waals surface area contributed by atoms with E-state index in [1.54, 1.807) is 0 Å². The number of rotatable bonds is 7. The third-order valence-electron chi connectivity index (χ3n) is 3.39. The smallest absolute Gasteiger partial charge is 0.238 e. The molecule has 1 aromatic carbocycles. The van der Waals surface area contributed by atoms with Crippen molar-refractivity contribution in [1.82, 2.24) is 4.90 Å². The molecule has 0 radical (unpaired) electrons. The lowest BCUT2D eigenvalue weighted by Gasteiger charge is -2.20. The molecule has 112 valence electrons. The lowest BCUT2D eigenvalue weighted by molar-refractivity contribution is -0.117. The van der Waals surface area contributed by atoms with Crippen molar-refractivity contribution in [3.63, 3.8) is 0 Å². The van der Waals surface area contributed by atoms with Gasteiger partial charge >= 0.3 is 0 Å². The highest BCUT2D eigenvalue weighted by Gasteiger charge is 2.11. The standard InChI is InChI=1S/C16H26N2O2/c1-5-18(7-6-8-19)11-15(20)17-16-13(3)9-12(2)10-14(16)4/h9-10,19H,5-8,11H2,1-4H3,(H,17,20). The number of amides is 1. The number of aliphatic hydroxyl groups is 1. The Kier molecular flexibility index (Phi) is 6.68. The monoisotopic (exact) mass is 278 g/mol. The van der Waals surface area contributed by atoms with E-state index in [1.165, 1.54) is 5.56 Å². The fraction of sp³-hybridized carbons (Fsp3) is 0.562. The van der Waals surface area contributed by atoms with Gasteiger partial charge in [-0.2, -0.15) is 0 Å². The molecule has 0 aliphatic heterocycles. The highest BCUT2D eigenvalue weighted by molar-refractivity contribution is 5.93. The number of anilines is 1. The minimum absolute atomic E-state index is 0.000146. The predicted molar refractivity (Wildman–Crippen MR) is 83.1 cm³/mol. The third kappa shape index (κ3) is 4.94. The van der Waals surface area contributed by atoms with Crippen molar-refractivity contribution in [2.75, 3.05) is 31.6 Å². The Morgan fingerprint density at radius 2 is 1.85 bits per heavy atom. The summed E-state index contributed by atoms with van der Waals surface area (Å²) in [6.07, 6.45) is 0.698. The van der Waals surface area contributed by atoms with Crippen molar-refractivity contribution >= 4 is 11.6 Å². The zero-order valence-corrected chi connectivity index (χ0v) is 13.0. The van der Waals surface area contributed by atoms with Crippen LogP contribution in [0.1, 0.15) is 30.0 Å². The van der Waals surface area contributed by atoms with Gasteiger partial charge in [0.15, 0.2) is 0 Å². The van der Waals surface area contributed by atoms with Crippen LogP contribution in [0.25, 0.3) is 0 Å². The molecule has 0 heterocycles. The van der Waals surface area contributed by atoms with Crippen molar-refractivity contribution in [3.05, 3.63) is 28.8 Å². The van der Waals surface area contributed by atoms with E-state index in [-0.39, 0.29) is 12.5 Å². The third-order valence-corrected chi connectivity index (χ3v) is 3.39. The molecule has 0 aliphatic rings. The van der Waals surface area contributed by atoms with Crippen molar-refractivity contribution < 1.29 is 9.90 Å². The number of aryl methyl sites for hydroxylation is 3. The van der Waals surface area contributed by atoms with Crippen molar-refractivity contribution in [2.24, 2.45) is 0 Å². The Labute approximate surface area is 121 Å². The van der Waals surface area contributed by atoms with E-state index in [0.29, 0.717) is 13.0 Å². The summed E-state index contributed by atoms with van der Waals surface area (Å²) in [6.45, 7) is 10.2. The van der Waals surface area contributed by atoms with E-state index in [9.17, 15) is 4.79 Å². The fourth-order valence-corrected chi connectivity index (χ4v) is 2.40. The van der Waals surface area contributed by atoms with Gasteiger partial charge < -0.3 is 10.4 Å². The van der Waals surface area contributed by atoms with Crippen LogP contribution in [-0.4, -0.2) is 42.2 Å². The minimum Gasteiger partial charge on any atom is -0.396 e. The van der Waals surface area contributed by atoms with Crippen LogP contribution in [0.5, 0.6) is 0 Å². The zero-order valence-electron chi connectivity index (χ0n) is 13.0. The molecule has 2 N–H and O–H groups in total. The molecule has 0 bridgehead atoms. The van der Waals surface area contributed by atoms with Gasteiger partial charge in [-0.15, -0.1) is 0 Å². The summed E-state index contributed by atoms with van der Waals surface area (Å²) in [5, 5.41) is 11.9. The molecule has 0 saturated carbocycles. The van der Waals surface area contributed by atoms with Crippen molar-refractivity contribution in [2.45, 2.75) is 34.1 Å². The maximum Gasteiger partial charge on any atom is 0.238 e. The van der Waals surface area contributed by atoms with Crippen LogP contribution in [0, 0.1) is 20.8 Å². The number of hydrogen-bond acceptors (Lipinski definition) is 3. The second kappa shape index (κ2) is 8.02. The van der Waals surface area contributed by atoms with E-state index >= 15 is 0 Å². The maximum atomic E-state index is 12.1. The number of aliphatic hydroxyl groups excluding tert-OH is 1. The van der Waals surface area contributed by atoms with Crippen molar-refractivity contribution in [3.8, 4) is 0 Å². The lowest BCUT2D eigenvalue weighted by Crippen LogP contribution is -2.34. The van der Waals surface area contributed by atoms with Crippen LogP contribution >= 0.6 is 0 Å². The predicted octanol–water partition coefficient (Wildman–Crippen LogP) is 2.25. The maximum absolute atomic E-state index is 12.1. The first-order valence-corrected chi connectivity index (χ1v) is 7.18. The molecule has 4 heteroatoms. The normalized spacial score (nSPS) is 10.9. The molecule has 1 rings (SSSR count). The van der Waals surface area contributed by atoms with Gasteiger partial charge in [0.25, 0.3) is 0 Å². The average molecular weight is 278 g/mol. The minimum atomic E-state index is -0.000146.